The van der Waals surface area contributed by atoms with Crippen molar-refractivity contribution in [3.63, 3.8) is 0 Å². The van der Waals surface area contributed by atoms with Gasteiger partial charge in [0.1, 0.15) is 11.6 Å². The topological polar surface area (TPSA) is 46.5 Å². The molecule has 0 unspecified atom stereocenters. The molecule has 0 aliphatic carbocycles. The van der Waals surface area contributed by atoms with E-state index in [0.717, 1.165) is 18.2 Å². The lowest BCUT2D eigenvalue weighted by molar-refractivity contribution is -0.153. The summed E-state index contributed by atoms with van der Waals surface area (Å²) in [6.45, 7) is -1.59. The van der Waals surface area contributed by atoms with E-state index in [1.54, 1.807) is 0 Å². The van der Waals surface area contributed by atoms with Crippen LogP contribution in [0.3, 0.4) is 0 Å². The third-order valence-corrected chi connectivity index (χ3v) is 1.76. The van der Waals surface area contributed by atoms with Crippen LogP contribution in [-0.4, -0.2) is 23.9 Å². The van der Waals surface area contributed by atoms with Gasteiger partial charge in [0.05, 0.1) is 6.42 Å². The molecule has 3 nitrogen and oxygen atoms in total. The first-order valence-corrected chi connectivity index (χ1v) is 4.48. The van der Waals surface area contributed by atoms with E-state index in [1.807, 2.05) is 0 Å². The number of carbonyl (C=O) groups is 1. The van der Waals surface area contributed by atoms with Gasteiger partial charge in [-0.25, -0.2) is 4.39 Å². The van der Waals surface area contributed by atoms with E-state index in [9.17, 15) is 22.4 Å². The van der Waals surface area contributed by atoms with Crippen molar-refractivity contribution < 1.29 is 32.2 Å². The molecular weight excluding hydrogens is 244 g/mol. The van der Waals surface area contributed by atoms with Gasteiger partial charge in [-0.05, 0) is 6.07 Å². The lowest BCUT2D eigenvalue weighted by atomic mass is 10.1. The van der Waals surface area contributed by atoms with Gasteiger partial charge in [-0.2, -0.15) is 13.2 Å². The Hall–Kier alpha value is -1.79. The highest BCUT2D eigenvalue weighted by atomic mass is 19.4. The molecule has 0 aliphatic rings. The molecule has 0 spiro atoms. The Morgan fingerprint density at radius 2 is 2.00 bits per heavy atom. The quantitative estimate of drug-likeness (QED) is 0.837. The van der Waals surface area contributed by atoms with Crippen LogP contribution < -0.4 is 4.74 Å². The number of alkyl halides is 3. The first-order valence-electron chi connectivity index (χ1n) is 4.48. The van der Waals surface area contributed by atoms with E-state index in [2.05, 4.69) is 4.74 Å². The van der Waals surface area contributed by atoms with Crippen LogP contribution in [0.15, 0.2) is 18.2 Å². The van der Waals surface area contributed by atoms with Crippen LogP contribution in [0.2, 0.25) is 0 Å². The van der Waals surface area contributed by atoms with Gasteiger partial charge in [-0.3, -0.25) is 4.79 Å². The summed E-state index contributed by atoms with van der Waals surface area (Å²) in [5.41, 5.74) is -0.0110. The molecule has 0 aromatic heterocycles. The largest absolute Gasteiger partial charge is 0.484 e. The fourth-order valence-corrected chi connectivity index (χ4v) is 1.13. The van der Waals surface area contributed by atoms with E-state index in [4.69, 9.17) is 5.11 Å². The van der Waals surface area contributed by atoms with Gasteiger partial charge in [0.2, 0.25) is 0 Å². The zero-order valence-electron chi connectivity index (χ0n) is 8.42. The highest BCUT2D eigenvalue weighted by Gasteiger charge is 2.29. The van der Waals surface area contributed by atoms with Crippen LogP contribution >= 0.6 is 0 Å². The minimum absolute atomic E-state index is 0.0110. The second kappa shape index (κ2) is 5.03. The van der Waals surface area contributed by atoms with Gasteiger partial charge in [0, 0.05) is 11.6 Å². The summed E-state index contributed by atoms with van der Waals surface area (Å²) in [6.07, 6.45) is -5.10. The van der Waals surface area contributed by atoms with E-state index < -0.39 is 36.7 Å². The van der Waals surface area contributed by atoms with Crippen LogP contribution in [0.4, 0.5) is 17.6 Å². The third kappa shape index (κ3) is 4.71. The number of hydrogen-bond acceptors (Lipinski definition) is 2. The Labute approximate surface area is 93.6 Å². The second-order valence-electron chi connectivity index (χ2n) is 3.23. The monoisotopic (exact) mass is 252 g/mol. The molecule has 0 bridgehead atoms. The lowest BCUT2D eigenvalue weighted by Gasteiger charge is -2.12. The molecule has 1 N–H and O–H groups in total. The standard InChI is InChI=1S/C10H8F4O3/c11-7-2-1-6(3-9(15)16)8(4-7)17-5-10(12,13)14/h1-2,4H,3,5H2,(H,15,16). The number of halogens is 4. The van der Waals surface area contributed by atoms with Gasteiger partial charge >= 0.3 is 12.1 Å². The van der Waals surface area contributed by atoms with E-state index in [1.165, 1.54) is 0 Å². The molecule has 0 saturated heterocycles. The zero-order chi connectivity index (χ0) is 13.1. The van der Waals surface area contributed by atoms with Crippen LogP contribution in [0.5, 0.6) is 5.75 Å². The molecule has 1 rings (SSSR count). The molecule has 1 aromatic rings. The third-order valence-electron chi connectivity index (χ3n) is 1.76. The molecule has 0 fully saturated rings. The van der Waals surface area contributed by atoms with Gasteiger partial charge in [0.25, 0.3) is 0 Å². The second-order valence-corrected chi connectivity index (χ2v) is 3.23. The summed E-state index contributed by atoms with van der Waals surface area (Å²) < 4.78 is 52.9. The minimum Gasteiger partial charge on any atom is -0.484 e. The van der Waals surface area contributed by atoms with Crippen molar-refractivity contribution >= 4 is 5.97 Å². The van der Waals surface area contributed by atoms with Crippen LogP contribution in [-0.2, 0) is 11.2 Å². The summed E-state index contributed by atoms with van der Waals surface area (Å²) in [6, 6.07) is 2.76. The number of hydrogen-bond donors (Lipinski definition) is 1. The smallest absolute Gasteiger partial charge is 0.422 e. The van der Waals surface area contributed by atoms with Crippen LogP contribution in [0.1, 0.15) is 5.56 Å². The maximum atomic E-state index is 12.8. The molecule has 94 valence electrons. The van der Waals surface area contributed by atoms with Gasteiger partial charge in [0.15, 0.2) is 6.61 Å². The molecule has 0 heterocycles. The average Bonchev–Trinajstić information content (AvgIpc) is 2.16. The maximum absolute atomic E-state index is 12.8. The minimum atomic E-state index is -4.56. The van der Waals surface area contributed by atoms with Crippen molar-refractivity contribution in [2.75, 3.05) is 6.61 Å². The Morgan fingerprint density at radius 1 is 1.35 bits per heavy atom. The summed E-state index contributed by atoms with van der Waals surface area (Å²) >= 11 is 0. The summed E-state index contributed by atoms with van der Waals surface area (Å²) in [5.74, 6) is -2.45. The summed E-state index contributed by atoms with van der Waals surface area (Å²) in [5, 5.41) is 8.52. The molecule has 17 heavy (non-hydrogen) atoms. The number of aliphatic carboxylic acids is 1. The fraction of sp³-hybridized carbons (Fsp3) is 0.300. The van der Waals surface area contributed by atoms with E-state index in [0.29, 0.717) is 0 Å². The maximum Gasteiger partial charge on any atom is 0.422 e. The first kappa shape index (κ1) is 13.3. The van der Waals surface area contributed by atoms with Crippen molar-refractivity contribution in [3.05, 3.63) is 29.6 Å². The summed E-state index contributed by atoms with van der Waals surface area (Å²) in [7, 11) is 0. The van der Waals surface area contributed by atoms with Crippen molar-refractivity contribution in [1.29, 1.82) is 0 Å². The first-order chi connectivity index (χ1) is 7.78. The number of ether oxygens (including phenoxy) is 1. The van der Waals surface area contributed by atoms with Gasteiger partial charge in [-0.15, -0.1) is 0 Å². The molecule has 7 heteroatoms. The van der Waals surface area contributed by atoms with Crippen molar-refractivity contribution in [2.24, 2.45) is 0 Å². The molecule has 0 saturated carbocycles. The van der Waals surface area contributed by atoms with Gasteiger partial charge < -0.3 is 9.84 Å². The predicted molar refractivity (Wildman–Crippen MR) is 49.3 cm³/mol. The highest BCUT2D eigenvalue weighted by molar-refractivity contribution is 5.71. The predicted octanol–water partition coefficient (Wildman–Crippen LogP) is 2.39. The van der Waals surface area contributed by atoms with Crippen molar-refractivity contribution in [2.45, 2.75) is 12.6 Å². The average molecular weight is 252 g/mol. The summed E-state index contributed by atoms with van der Waals surface area (Å²) in [4.78, 5) is 10.4. The molecule has 0 amide bonds. The fourth-order valence-electron chi connectivity index (χ4n) is 1.13. The SMILES string of the molecule is O=C(O)Cc1ccc(F)cc1OCC(F)(F)F. The van der Waals surface area contributed by atoms with Crippen molar-refractivity contribution in [3.8, 4) is 5.75 Å². The number of carboxylic acids is 1. The molecule has 1 aromatic carbocycles. The lowest BCUT2D eigenvalue weighted by Crippen LogP contribution is -2.20. The highest BCUT2D eigenvalue weighted by Crippen LogP contribution is 2.23. The number of rotatable bonds is 4. The Kier molecular flexibility index (Phi) is 3.93. The Morgan fingerprint density at radius 3 is 2.53 bits per heavy atom. The zero-order valence-corrected chi connectivity index (χ0v) is 8.42. The van der Waals surface area contributed by atoms with Crippen LogP contribution in [0, 0.1) is 5.82 Å². The van der Waals surface area contributed by atoms with E-state index in [-0.39, 0.29) is 5.56 Å². The normalized spacial score (nSPS) is 11.3. The Bertz CT molecular complexity index is 415. The number of benzene rings is 1. The van der Waals surface area contributed by atoms with E-state index >= 15 is 0 Å². The Balaban J connectivity index is 2.87. The molecular formula is C10H8F4O3. The molecule has 0 aliphatic heterocycles. The molecule has 0 radical (unpaired) electrons. The van der Waals surface area contributed by atoms with Crippen LogP contribution in [0.25, 0.3) is 0 Å². The number of carboxylic acid groups (broad SMARTS) is 1. The van der Waals surface area contributed by atoms with Gasteiger partial charge in [-0.1, -0.05) is 6.07 Å². The molecule has 0 atom stereocenters. The van der Waals surface area contributed by atoms with Crippen molar-refractivity contribution in [1.82, 2.24) is 0 Å².